The van der Waals surface area contributed by atoms with Crippen molar-refractivity contribution in [2.75, 3.05) is 20.2 Å². The number of aromatic amines is 1. The van der Waals surface area contributed by atoms with E-state index in [2.05, 4.69) is 41.3 Å². The zero-order valence-electron chi connectivity index (χ0n) is 9.61. The Kier molecular flexibility index (Phi) is 3.59. The van der Waals surface area contributed by atoms with Crippen molar-refractivity contribution in [1.29, 1.82) is 0 Å². The smallest absolute Gasteiger partial charge is 0.0457 e. The number of hydrogen-bond acceptors (Lipinski definition) is 2. The van der Waals surface area contributed by atoms with Crippen molar-refractivity contribution in [3.8, 4) is 0 Å². The number of nitrogens with one attached hydrogen (secondary N) is 1. The lowest BCUT2D eigenvalue weighted by Gasteiger charge is -2.15. The molecule has 0 aliphatic heterocycles. The van der Waals surface area contributed by atoms with Gasteiger partial charge in [-0.05, 0) is 25.1 Å². The summed E-state index contributed by atoms with van der Waals surface area (Å²) in [5.41, 5.74) is 2.50. The topological polar surface area (TPSA) is 39.3 Å². The third-order valence-electron chi connectivity index (χ3n) is 2.81. The SMILES string of the molecule is CN(CCCO)Cc1c[nH]c2ccccc12. The Morgan fingerprint density at radius 3 is 2.94 bits per heavy atom. The van der Waals surface area contributed by atoms with Crippen molar-refractivity contribution in [2.24, 2.45) is 0 Å². The average molecular weight is 218 g/mol. The summed E-state index contributed by atoms with van der Waals surface area (Å²) in [6.07, 6.45) is 2.90. The fourth-order valence-corrected chi connectivity index (χ4v) is 1.97. The number of aromatic nitrogens is 1. The van der Waals surface area contributed by atoms with Gasteiger partial charge < -0.3 is 15.0 Å². The maximum atomic E-state index is 8.78. The molecule has 0 atom stereocenters. The number of benzene rings is 1. The Morgan fingerprint density at radius 1 is 1.31 bits per heavy atom. The van der Waals surface area contributed by atoms with Gasteiger partial charge in [0.05, 0.1) is 0 Å². The van der Waals surface area contributed by atoms with Crippen LogP contribution in [-0.2, 0) is 6.54 Å². The van der Waals surface area contributed by atoms with Crippen LogP contribution < -0.4 is 0 Å². The largest absolute Gasteiger partial charge is 0.396 e. The van der Waals surface area contributed by atoms with Crippen molar-refractivity contribution >= 4 is 10.9 Å². The number of fused-ring (bicyclic) bond motifs is 1. The van der Waals surface area contributed by atoms with E-state index in [4.69, 9.17) is 5.11 Å². The van der Waals surface area contributed by atoms with E-state index in [0.29, 0.717) is 0 Å². The maximum Gasteiger partial charge on any atom is 0.0457 e. The third-order valence-corrected chi connectivity index (χ3v) is 2.81. The summed E-state index contributed by atoms with van der Waals surface area (Å²) < 4.78 is 0. The minimum absolute atomic E-state index is 0.262. The molecule has 0 radical (unpaired) electrons. The van der Waals surface area contributed by atoms with Gasteiger partial charge >= 0.3 is 0 Å². The van der Waals surface area contributed by atoms with Gasteiger partial charge in [-0.3, -0.25) is 0 Å². The van der Waals surface area contributed by atoms with Crippen LogP contribution in [0, 0.1) is 0 Å². The molecule has 16 heavy (non-hydrogen) atoms. The van der Waals surface area contributed by atoms with Gasteiger partial charge in [-0.15, -0.1) is 0 Å². The number of rotatable bonds is 5. The van der Waals surface area contributed by atoms with E-state index in [1.807, 2.05) is 6.07 Å². The zero-order valence-corrected chi connectivity index (χ0v) is 9.61. The second-order valence-electron chi connectivity index (χ2n) is 4.17. The maximum absolute atomic E-state index is 8.78. The van der Waals surface area contributed by atoms with Gasteiger partial charge in [-0.2, -0.15) is 0 Å². The number of para-hydroxylation sites is 1. The molecule has 86 valence electrons. The van der Waals surface area contributed by atoms with Crippen LogP contribution in [0.3, 0.4) is 0 Å². The molecule has 0 aliphatic rings. The van der Waals surface area contributed by atoms with Crippen LogP contribution in [0.25, 0.3) is 10.9 Å². The first-order chi connectivity index (χ1) is 7.81. The van der Waals surface area contributed by atoms with E-state index in [1.165, 1.54) is 16.5 Å². The van der Waals surface area contributed by atoms with E-state index in [-0.39, 0.29) is 6.61 Å². The number of hydrogen-bond donors (Lipinski definition) is 2. The lowest BCUT2D eigenvalue weighted by Crippen LogP contribution is -2.19. The third kappa shape index (κ3) is 2.43. The van der Waals surface area contributed by atoms with E-state index in [9.17, 15) is 0 Å². The summed E-state index contributed by atoms with van der Waals surface area (Å²) in [5.74, 6) is 0. The molecule has 1 aromatic carbocycles. The van der Waals surface area contributed by atoms with Gasteiger partial charge in [-0.25, -0.2) is 0 Å². The summed E-state index contributed by atoms with van der Waals surface area (Å²) >= 11 is 0. The fraction of sp³-hybridized carbons (Fsp3) is 0.385. The van der Waals surface area contributed by atoms with Crippen LogP contribution in [0.4, 0.5) is 0 Å². The summed E-state index contributed by atoms with van der Waals surface area (Å²) in [5, 5.41) is 10.1. The standard InChI is InChI=1S/C13H18N2O/c1-15(7-4-8-16)10-11-9-14-13-6-3-2-5-12(11)13/h2-3,5-6,9,14,16H,4,7-8,10H2,1H3. The quantitative estimate of drug-likeness (QED) is 0.805. The highest BCUT2D eigenvalue weighted by atomic mass is 16.3. The highest BCUT2D eigenvalue weighted by Crippen LogP contribution is 2.18. The highest BCUT2D eigenvalue weighted by Gasteiger charge is 2.05. The molecule has 1 heterocycles. The van der Waals surface area contributed by atoms with Crippen LogP contribution in [0.1, 0.15) is 12.0 Å². The molecule has 0 saturated heterocycles. The Balaban J connectivity index is 2.09. The van der Waals surface area contributed by atoms with Gasteiger partial charge in [0, 0.05) is 36.8 Å². The molecule has 0 saturated carbocycles. The highest BCUT2D eigenvalue weighted by molar-refractivity contribution is 5.82. The van der Waals surface area contributed by atoms with E-state index >= 15 is 0 Å². The summed E-state index contributed by atoms with van der Waals surface area (Å²) in [7, 11) is 2.08. The summed E-state index contributed by atoms with van der Waals surface area (Å²) in [4.78, 5) is 5.50. The van der Waals surface area contributed by atoms with Crippen molar-refractivity contribution in [3.05, 3.63) is 36.0 Å². The van der Waals surface area contributed by atoms with Crippen molar-refractivity contribution in [2.45, 2.75) is 13.0 Å². The normalized spacial score (nSPS) is 11.4. The molecule has 2 aromatic rings. The molecule has 2 rings (SSSR count). The van der Waals surface area contributed by atoms with Crippen molar-refractivity contribution in [3.63, 3.8) is 0 Å². The van der Waals surface area contributed by atoms with Crippen LogP contribution in [0.5, 0.6) is 0 Å². The van der Waals surface area contributed by atoms with E-state index in [0.717, 1.165) is 19.5 Å². The molecule has 3 heteroatoms. The first kappa shape index (κ1) is 11.2. The molecule has 0 bridgehead atoms. The number of nitrogens with zero attached hydrogens (tertiary/aromatic N) is 1. The first-order valence-electron chi connectivity index (χ1n) is 5.65. The second-order valence-corrected chi connectivity index (χ2v) is 4.17. The van der Waals surface area contributed by atoms with Gasteiger partial charge in [0.2, 0.25) is 0 Å². The van der Waals surface area contributed by atoms with Gasteiger partial charge in [0.1, 0.15) is 0 Å². The number of aliphatic hydroxyl groups excluding tert-OH is 1. The molecular formula is C13H18N2O. The minimum Gasteiger partial charge on any atom is -0.396 e. The molecule has 2 N–H and O–H groups in total. The van der Waals surface area contributed by atoms with Gasteiger partial charge in [0.15, 0.2) is 0 Å². The molecular weight excluding hydrogens is 200 g/mol. The molecule has 0 unspecified atom stereocenters. The monoisotopic (exact) mass is 218 g/mol. The Bertz CT molecular complexity index is 450. The predicted octanol–water partition coefficient (Wildman–Crippen LogP) is 1.98. The molecule has 1 aromatic heterocycles. The summed E-state index contributed by atoms with van der Waals surface area (Å²) in [6.45, 7) is 2.11. The Labute approximate surface area is 95.7 Å². The molecule has 0 spiro atoms. The van der Waals surface area contributed by atoms with E-state index in [1.54, 1.807) is 0 Å². The van der Waals surface area contributed by atoms with Crippen LogP contribution in [0.15, 0.2) is 30.5 Å². The lowest BCUT2D eigenvalue weighted by molar-refractivity contribution is 0.244. The molecule has 0 fully saturated rings. The Hall–Kier alpha value is -1.32. The zero-order chi connectivity index (χ0) is 11.4. The molecule has 0 aliphatic carbocycles. The van der Waals surface area contributed by atoms with Crippen molar-refractivity contribution in [1.82, 2.24) is 9.88 Å². The molecule has 0 amide bonds. The first-order valence-corrected chi connectivity index (χ1v) is 5.65. The van der Waals surface area contributed by atoms with Gasteiger partial charge in [0.25, 0.3) is 0 Å². The van der Waals surface area contributed by atoms with Crippen LogP contribution >= 0.6 is 0 Å². The van der Waals surface area contributed by atoms with Crippen molar-refractivity contribution < 1.29 is 5.11 Å². The van der Waals surface area contributed by atoms with E-state index < -0.39 is 0 Å². The predicted molar refractivity (Wildman–Crippen MR) is 66.3 cm³/mol. The lowest BCUT2D eigenvalue weighted by atomic mass is 10.1. The second kappa shape index (κ2) is 5.14. The number of H-pyrrole nitrogens is 1. The summed E-state index contributed by atoms with van der Waals surface area (Å²) in [6, 6.07) is 8.33. The Morgan fingerprint density at radius 2 is 2.12 bits per heavy atom. The van der Waals surface area contributed by atoms with Crippen LogP contribution in [0.2, 0.25) is 0 Å². The van der Waals surface area contributed by atoms with Crippen LogP contribution in [-0.4, -0.2) is 35.2 Å². The average Bonchev–Trinajstić information content (AvgIpc) is 2.70. The minimum atomic E-state index is 0.262. The molecule has 3 nitrogen and oxygen atoms in total. The number of aliphatic hydroxyl groups is 1. The van der Waals surface area contributed by atoms with Gasteiger partial charge in [-0.1, -0.05) is 18.2 Å². The fourth-order valence-electron chi connectivity index (χ4n) is 1.97.